The van der Waals surface area contributed by atoms with Crippen molar-refractivity contribution in [3.05, 3.63) is 39.4 Å². The molecule has 1 atom stereocenters. The molecule has 1 aromatic carbocycles. The minimum absolute atomic E-state index is 0.146. The van der Waals surface area contributed by atoms with E-state index in [9.17, 15) is 23.7 Å². The maximum Gasteiger partial charge on any atom is 0.307 e. The van der Waals surface area contributed by atoms with Crippen LogP contribution < -0.4 is 5.32 Å². The number of nitro benzene ring substituents is 1. The molecule has 0 bridgehead atoms. The quantitative estimate of drug-likeness (QED) is 0.667. The lowest BCUT2D eigenvalue weighted by molar-refractivity contribution is -0.387. The highest BCUT2D eigenvalue weighted by atomic mass is 19.1. The molecular formula is C13H14F2N2O3. The van der Waals surface area contributed by atoms with Gasteiger partial charge in [-0.3, -0.25) is 14.9 Å². The lowest BCUT2D eigenvalue weighted by Crippen LogP contribution is -2.33. The van der Waals surface area contributed by atoms with Crippen LogP contribution in [-0.4, -0.2) is 16.9 Å². The number of carbonyl (C=O) groups is 1. The number of nitrogens with one attached hydrogen (secondary N) is 1. The van der Waals surface area contributed by atoms with Crippen molar-refractivity contribution >= 4 is 11.6 Å². The van der Waals surface area contributed by atoms with Gasteiger partial charge >= 0.3 is 5.69 Å². The van der Waals surface area contributed by atoms with Gasteiger partial charge in [-0.1, -0.05) is 12.8 Å². The summed E-state index contributed by atoms with van der Waals surface area (Å²) in [6.07, 6.45) is 3.05. The summed E-state index contributed by atoms with van der Waals surface area (Å²) in [6.45, 7) is 1.79. The monoisotopic (exact) mass is 284 g/mol. The van der Waals surface area contributed by atoms with E-state index in [1.807, 2.05) is 0 Å². The van der Waals surface area contributed by atoms with E-state index in [2.05, 4.69) is 5.32 Å². The highest BCUT2D eigenvalue weighted by Crippen LogP contribution is 2.33. The number of amides is 1. The molecule has 1 fully saturated rings. The van der Waals surface area contributed by atoms with Crippen molar-refractivity contribution in [2.24, 2.45) is 5.92 Å². The van der Waals surface area contributed by atoms with Crippen molar-refractivity contribution in [3.8, 4) is 0 Å². The first kappa shape index (κ1) is 14.4. The molecule has 1 N–H and O–H groups in total. The summed E-state index contributed by atoms with van der Waals surface area (Å²) in [5, 5.41) is 13.0. The summed E-state index contributed by atoms with van der Waals surface area (Å²) in [4.78, 5) is 21.3. The van der Waals surface area contributed by atoms with Crippen molar-refractivity contribution in [2.45, 2.75) is 32.2 Å². The summed E-state index contributed by atoms with van der Waals surface area (Å²) >= 11 is 0. The van der Waals surface area contributed by atoms with Crippen LogP contribution in [0, 0.1) is 27.7 Å². The topological polar surface area (TPSA) is 72.2 Å². The van der Waals surface area contributed by atoms with Gasteiger partial charge in [0.1, 0.15) is 5.82 Å². The largest absolute Gasteiger partial charge is 0.349 e. The number of halogens is 2. The first-order valence-corrected chi connectivity index (χ1v) is 6.32. The van der Waals surface area contributed by atoms with Gasteiger partial charge in [0.15, 0.2) is 0 Å². The average Bonchev–Trinajstić information content (AvgIpc) is 3.14. The normalized spacial score (nSPS) is 15.8. The van der Waals surface area contributed by atoms with Gasteiger partial charge in [0, 0.05) is 6.04 Å². The van der Waals surface area contributed by atoms with E-state index in [1.54, 1.807) is 6.92 Å². The van der Waals surface area contributed by atoms with E-state index < -0.39 is 33.7 Å². The Bertz CT molecular complexity index is 559. The molecule has 0 radical (unpaired) electrons. The van der Waals surface area contributed by atoms with Gasteiger partial charge in [-0.2, -0.15) is 4.39 Å². The van der Waals surface area contributed by atoms with Gasteiger partial charge in [-0.15, -0.1) is 0 Å². The predicted molar refractivity (Wildman–Crippen MR) is 67.3 cm³/mol. The van der Waals surface area contributed by atoms with Crippen LogP contribution in [0.5, 0.6) is 0 Å². The van der Waals surface area contributed by atoms with E-state index in [-0.39, 0.29) is 6.04 Å². The second-order valence-electron chi connectivity index (χ2n) is 5.09. The SMILES string of the molecule is CC(CC1CC1)NC(=O)c1cc(F)c([N+](=O)[O-])cc1F. The number of carbonyl (C=O) groups excluding carboxylic acids is 1. The predicted octanol–water partition coefficient (Wildman–Crippen LogP) is 2.79. The number of hydrogen-bond donors (Lipinski definition) is 1. The number of hydrogen-bond acceptors (Lipinski definition) is 3. The molecule has 1 aliphatic carbocycles. The molecule has 108 valence electrons. The molecule has 2 rings (SSSR count). The van der Waals surface area contributed by atoms with Crippen LogP contribution >= 0.6 is 0 Å². The van der Waals surface area contributed by atoms with E-state index >= 15 is 0 Å². The zero-order valence-corrected chi connectivity index (χ0v) is 10.9. The van der Waals surface area contributed by atoms with E-state index in [4.69, 9.17) is 0 Å². The van der Waals surface area contributed by atoms with Gasteiger partial charge in [0.2, 0.25) is 5.82 Å². The molecule has 1 amide bonds. The Kier molecular flexibility index (Phi) is 3.96. The number of nitro groups is 1. The number of rotatable bonds is 5. The van der Waals surface area contributed by atoms with Crippen molar-refractivity contribution in [3.63, 3.8) is 0 Å². The highest BCUT2D eigenvalue weighted by molar-refractivity contribution is 5.94. The zero-order chi connectivity index (χ0) is 14.9. The van der Waals surface area contributed by atoms with Gasteiger partial charge < -0.3 is 5.32 Å². The van der Waals surface area contributed by atoms with Gasteiger partial charge in [0.05, 0.1) is 16.6 Å². The lowest BCUT2D eigenvalue weighted by atomic mass is 10.1. The van der Waals surface area contributed by atoms with Crippen molar-refractivity contribution in [1.29, 1.82) is 0 Å². The Morgan fingerprint density at radius 3 is 2.65 bits per heavy atom. The van der Waals surface area contributed by atoms with Crippen LogP contribution in [-0.2, 0) is 0 Å². The Morgan fingerprint density at radius 2 is 2.10 bits per heavy atom. The highest BCUT2D eigenvalue weighted by Gasteiger charge is 2.26. The lowest BCUT2D eigenvalue weighted by Gasteiger charge is -2.13. The van der Waals surface area contributed by atoms with Gasteiger partial charge in [0.25, 0.3) is 5.91 Å². The number of nitrogens with zero attached hydrogens (tertiary/aromatic N) is 1. The molecule has 0 saturated heterocycles. The maximum atomic E-state index is 13.6. The van der Waals surface area contributed by atoms with Crippen molar-refractivity contribution < 1.29 is 18.5 Å². The van der Waals surface area contributed by atoms with E-state index in [0.29, 0.717) is 18.1 Å². The summed E-state index contributed by atoms with van der Waals surface area (Å²) in [5.41, 5.74) is -1.50. The Balaban J connectivity index is 2.12. The van der Waals surface area contributed by atoms with Gasteiger partial charge in [-0.25, -0.2) is 4.39 Å². The summed E-state index contributed by atoms with van der Waals surface area (Å²) in [5.74, 6) is -2.50. The average molecular weight is 284 g/mol. The van der Waals surface area contributed by atoms with E-state index in [0.717, 1.165) is 19.3 Å². The molecular weight excluding hydrogens is 270 g/mol. The van der Waals surface area contributed by atoms with Crippen LogP contribution in [0.4, 0.5) is 14.5 Å². The molecule has 0 heterocycles. The maximum absolute atomic E-state index is 13.6. The van der Waals surface area contributed by atoms with Crippen LogP contribution in [0.2, 0.25) is 0 Å². The van der Waals surface area contributed by atoms with E-state index in [1.165, 1.54) is 0 Å². The molecule has 0 aliphatic heterocycles. The Morgan fingerprint density at radius 1 is 1.45 bits per heavy atom. The molecule has 20 heavy (non-hydrogen) atoms. The smallest absolute Gasteiger partial charge is 0.307 e. The van der Waals surface area contributed by atoms with Crippen LogP contribution in [0.15, 0.2) is 12.1 Å². The van der Waals surface area contributed by atoms with Gasteiger partial charge in [-0.05, 0) is 25.3 Å². The minimum atomic E-state index is -1.23. The van der Waals surface area contributed by atoms with Crippen LogP contribution in [0.3, 0.4) is 0 Å². The minimum Gasteiger partial charge on any atom is -0.349 e. The third kappa shape index (κ3) is 3.28. The number of benzene rings is 1. The van der Waals surface area contributed by atoms with Crippen LogP contribution in [0.1, 0.15) is 36.5 Å². The molecule has 0 spiro atoms. The first-order valence-electron chi connectivity index (χ1n) is 6.32. The Labute approximate surface area is 114 Å². The van der Waals surface area contributed by atoms with Crippen molar-refractivity contribution in [1.82, 2.24) is 5.32 Å². The second-order valence-corrected chi connectivity index (χ2v) is 5.09. The standard InChI is InChI=1S/C13H14F2N2O3/c1-7(4-8-2-3-8)16-13(18)9-5-11(15)12(17(19)20)6-10(9)14/h5-8H,2-4H2,1H3,(H,16,18). The fourth-order valence-corrected chi connectivity index (χ4v) is 2.06. The zero-order valence-electron chi connectivity index (χ0n) is 10.9. The van der Waals surface area contributed by atoms with Crippen LogP contribution in [0.25, 0.3) is 0 Å². The molecule has 1 unspecified atom stereocenters. The first-order chi connectivity index (χ1) is 9.38. The summed E-state index contributed by atoms with van der Waals surface area (Å²) in [7, 11) is 0. The summed E-state index contributed by atoms with van der Waals surface area (Å²) < 4.78 is 27.0. The molecule has 1 saturated carbocycles. The fourth-order valence-electron chi connectivity index (χ4n) is 2.06. The molecule has 7 heteroatoms. The summed E-state index contributed by atoms with van der Waals surface area (Å²) in [6, 6.07) is 0.843. The third-order valence-corrected chi connectivity index (χ3v) is 3.24. The molecule has 0 aromatic heterocycles. The third-order valence-electron chi connectivity index (χ3n) is 3.24. The molecule has 1 aromatic rings. The van der Waals surface area contributed by atoms with Crippen molar-refractivity contribution in [2.75, 3.05) is 0 Å². The Hall–Kier alpha value is -2.05. The molecule has 1 aliphatic rings. The fraction of sp³-hybridized carbons (Fsp3) is 0.462. The second kappa shape index (κ2) is 5.52. The molecule has 5 nitrogen and oxygen atoms in total.